The molecule has 1 atom stereocenters. The summed E-state index contributed by atoms with van der Waals surface area (Å²) >= 11 is 13.8. The van der Waals surface area contributed by atoms with E-state index in [1.807, 2.05) is 67.6 Å². The van der Waals surface area contributed by atoms with E-state index in [2.05, 4.69) is 19.2 Å². The predicted octanol–water partition coefficient (Wildman–Crippen LogP) is 6.95. The Balaban J connectivity index is 1.84. The van der Waals surface area contributed by atoms with Crippen LogP contribution in [0, 0.1) is 12.8 Å². The number of carbonyl (C=O) groups excluding carboxylic acids is 2. The van der Waals surface area contributed by atoms with Crippen LogP contribution in [0.25, 0.3) is 0 Å². The lowest BCUT2D eigenvalue weighted by molar-refractivity contribution is -0.139. The van der Waals surface area contributed by atoms with Crippen molar-refractivity contribution in [1.29, 1.82) is 0 Å². The van der Waals surface area contributed by atoms with Crippen LogP contribution < -0.4 is 5.32 Å². The zero-order valence-corrected chi connectivity index (χ0v) is 23.9. The number of hydrogen-bond donors (Lipinski definition) is 1. The molecule has 0 aliphatic heterocycles. The molecule has 0 saturated heterocycles. The molecule has 0 aliphatic rings. The molecule has 1 N–H and O–H groups in total. The van der Waals surface area contributed by atoms with Crippen LogP contribution in [0.1, 0.15) is 36.1 Å². The molecule has 3 rings (SSSR count). The summed E-state index contributed by atoms with van der Waals surface area (Å²) in [5, 5.41) is 4.22. The molecule has 3 aromatic rings. The second kappa shape index (κ2) is 14.5. The second-order valence-electron chi connectivity index (χ2n) is 9.58. The summed E-state index contributed by atoms with van der Waals surface area (Å²) in [5.41, 5.74) is 4.06. The molecule has 196 valence electrons. The van der Waals surface area contributed by atoms with Crippen molar-refractivity contribution in [1.82, 2.24) is 10.2 Å². The summed E-state index contributed by atoms with van der Waals surface area (Å²) < 4.78 is 0. The van der Waals surface area contributed by atoms with Gasteiger partial charge in [0.15, 0.2) is 0 Å². The molecular formula is C30H34Cl2N2O2S. The van der Waals surface area contributed by atoms with Crippen LogP contribution >= 0.6 is 35.0 Å². The Labute approximate surface area is 234 Å². The van der Waals surface area contributed by atoms with Crippen molar-refractivity contribution in [2.45, 2.75) is 45.5 Å². The van der Waals surface area contributed by atoms with E-state index >= 15 is 0 Å². The number of benzene rings is 3. The third-order valence-electron chi connectivity index (χ3n) is 5.93. The van der Waals surface area contributed by atoms with E-state index in [4.69, 9.17) is 23.2 Å². The molecule has 0 spiro atoms. The van der Waals surface area contributed by atoms with Crippen LogP contribution in [0.4, 0.5) is 0 Å². The molecule has 7 heteroatoms. The third kappa shape index (κ3) is 9.41. The number of rotatable bonds is 12. The van der Waals surface area contributed by atoms with Crippen molar-refractivity contribution in [3.63, 3.8) is 0 Å². The van der Waals surface area contributed by atoms with Crippen LogP contribution in [-0.2, 0) is 28.3 Å². The molecule has 3 aromatic carbocycles. The van der Waals surface area contributed by atoms with Gasteiger partial charge in [-0.2, -0.15) is 0 Å². The number of nitrogens with zero attached hydrogens (tertiary/aromatic N) is 1. The monoisotopic (exact) mass is 556 g/mol. The summed E-state index contributed by atoms with van der Waals surface area (Å²) in [4.78, 5) is 28.9. The lowest BCUT2D eigenvalue weighted by atomic mass is 10.0. The molecule has 0 aromatic heterocycles. The number of nitrogens with one attached hydrogen (secondary N) is 1. The average molecular weight is 558 g/mol. The lowest BCUT2D eigenvalue weighted by Crippen LogP contribution is -2.51. The van der Waals surface area contributed by atoms with Crippen LogP contribution in [0.5, 0.6) is 0 Å². The fraction of sp³-hybridized carbons (Fsp3) is 0.333. The van der Waals surface area contributed by atoms with Gasteiger partial charge in [0.05, 0.1) is 5.75 Å². The molecule has 0 radical (unpaired) electrons. The number of carbonyl (C=O) groups is 2. The van der Waals surface area contributed by atoms with Crippen molar-refractivity contribution in [3.05, 3.63) is 105 Å². The van der Waals surface area contributed by atoms with Gasteiger partial charge in [-0.1, -0.05) is 103 Å². The maximum absolute atomic E-state index is 13.7. The molecule has 37 heavy (non-hydrogen) atoms. The maximum atomic E-state index is 13.7. The van der Waals surface area contributed by atoms with Gasteiger partial charge in [0.2, 0.25) is 11.8 Å². The summed E-state index contributed by atoms with van der Waals surface area (Å²) in [6.07, 6.45) is 0.441. The fourth-order valence-electron chi connectivity index (χ4n) is 3.84. The molecular weight excluding hydrogens is 523 g/mol. The number of halogens is 2. The Morgan fingerprint density at radius 3 is 2.30 bits per heavy atom. The molecule has 0 aliphatic carbocycles. The molecule has 0 unspecified atom stereocenters. The summed E-state index contributed by atoms with van der Waals surface area (Å²) in [7, 11) is 0. The number of amides is 2. The van der Waals surface area contributed by atoms with Gasteiger partial charge in [0, 0.05) is 35.3 Å². The molecule has 0 heterocycles. The average Bonchev–Trinajstić information content (AvgIpc) is 2.87. The molecule has 2 amide bonds. The Morgan fingerprint density at radius 1 is 0.946 bits per heavy atom. The van der Waals surface area contributed by atoms with Gasteiger partial charge in [-0.05, 0) is 41.7 Å². The zero-order chi connectivity index (χ0) is 26.8. The van der Waals surface area contributed by atoms with Crippen molar-refractivity contribution in [3.8, 4) is 0 Å². The first kappa shape index (κ1) is 29.1. The van der Waals surface area contributed by atoms with Crippen molar-refractivity contribution >= 4 is 46.8 Å². The first-order chi connectivity index (χ1) is 17.7. The van der Waals surface area contributed by atoms with E-state index in [1.54, 1.807) is 17.0 Å². The molecule has 0 bridgehead atoms. The number of thioether (sulfide) groups is 1. The summed E-state index contributed by atoms with van der Waals surface area (Å²) in [6.45, 7) is 7.05. The smallest absolute Gasteiger partial charge is 0.243 e. The highest BCUT2D eigenvalue weighted by Crippen LogP contribution is 2.25. The maximum Gasteiger partial charge on any atom is 0.243 e. The van der Waals surface area contributed by atoms with Gasteiger partial charge >= 0.3 is 0 Å². The van der Waals surface area contributed by atoms with Gasteiger partial charge in [-0.3, -0.25) is 9.59 Å². The van der Waals surface area contributed by atoms with E-state index in [1.165, 1.54) is 11.8 Å². The van der Waals surface area contributed by atoms with Crippen LogP contribution in [0.3, 0.4) is 0 Å². The zero-order valence-electron chi connectivity index (χ0n) is 21.5. The van der Waals surface area contributed by atoms with Gasteiger partial charge in [0.1, 0.15) is 6.04 Å². The van der Waals surface area contributed by atoms with Crippen LogP contribution in [-0.4, -0.2) is 35.1 Å². The van der Waals surface area contributed by atoms with E-state index in [0.29, 0.717) is 41.2 Å². The van der Waals surface area contributed by atoms with E-state index in [9.17, 15) is 9.59 Å². The normalized spacial score (nSPS) is 11.8. The van der Waals surface area contributed by atoms with E-state index in [-0.39, 0.29) is 17.6 Å². The molecule has 0 saturated carbocycles. The Morgan fingerprint density at radius 2 is 1.65 bits per heavy atom. The summed E-state index contributed by atoms with van der Waals surface area (Å²) in [5.74, 6) is 0.888. The van der Waals surface area contributed by atoms with Crippen molar-refractivity contribution in [2.24, 2.45) is 5.92 Å². The first-order valence-electron chi connectivity index (χ1n) is 12.4. The predicted molar refractivity (Wildman–Crippen MR) is 156 cm³/mol. The number of aryl methyl sites for hydroxylation is 1. The molecule has 0 fully saturated rings. The van der Waals surface area contributed by atoms with Gasteiger partial charge < -0.3 is 10.2 Å². The highest BCUT2D eigenvalue weighted by atomic mass is 35.5. The molecule has 4 nitrogen and oxygen atoms in total. The van der Waals surface area contributed by atoms with Crippen LogP contribution in [0.15, 0.2) is 72.8 Å². The first-order valence-corrected chi connectivity index (χ1v) is 14.3. The van der Waals surface area contributed by atoms with E-state index in [0.717, 1.165) is 22.3 Å². The standard InChI is InChI=1S/C30H34Cl2N2O2S/c1-21(2)17-33-30(36)28(15-23-7-5-4-6-8-23)34(18-24-11-9-22(3)10-12-24)29(35)20-37-19-25-13-14-26(31)16-27(25)32/h4-14,16,21,28H,15,17-20H2,1-3H3,(H,33,36)/t28-/m0/s1. The van der Waals surface area contributed by atoms with Crippen LogP contribution in [0.2, 0.25) is 10.0 Å². The highest BCUT2D eigenvalue weighted by molar-refractivity contribution is 7.99. The highest BCUT2D eigenvalue weighted by Gasteiger charge is 2.30. The lowest BCUT2D eigenvalue weighted by Gasteiger charge is -2.32. The second-order valence-corrected chi connectivity index (χ2v) is 11.4. The largest absolute Gasteiger partial charge is 0.354 e. The van der Waals surface area contributed by atoms with Crippen molar-refractivity contribution in [2.75, 3.05) is 12.3 Å². The Bertz CT molecular complexity index is 1170. The van der Waals surface area contributed by atoms with Gasteiger partial charge in [-0.15, -0.1) is 11.8 Å². The SMILES string of the molecule is Cc1ccc(CN(C(=O)CSCc2ccc(Cl)cc2Cl)[C@@H](Cc2ccccc2)C(=O)NCC(C)C)cc1. The third-order valence-corrected chi connectivity index (χ3v) is 7.48. The quantitative estimate of drug-likeness (QED) is 0.262. The van der Waals surface area contributed by atoms with Crippen molar-refractivity contribution < 1.29 is 9.59 Å². The minimum atomic E-state index is -0.630. The van der Waals surface area contributed by atoms with Gasteiger partial charge in [0.25, 0.3) is 0 Å². The minimum Gasteiger partial charge on any atom is -0.354 e. The number of hydrogen-bond acceptors (Lipinski definition) is 3. The minimum absolute atomic E-state index is 0.0868. The van der Waals surface area contributed by atoms with Gasteiger partial charge in [-0.25, -0.2) is 0 Å². The fourth-order valence-corrected chi connectivity index (χ4v) is 5.31. The topological polar surface area (TPSA) is 49.4 Å². The van der Waals surface area contributed by atoms with E-state index < -0.39 is 6.04 Å². The summed E-state index contributed by atoms with van der Waals surface area (Å²) in [6, 6.07) is 22.7. The Hall–Kier alpha value is -2.47. The Kier molecular flexibility index (Phi) is 11.4.